The van der Waals surface area contributed by atoms with E-state index in [0.717, 1.165) is 14.4 Å². The predicted octanol–water partition coefficient (Wildman–Crippen LogP) is 1.59. The standard InChI is InChI=1S/C6H16NP/c1-5-7(3)6(2)8-4/h6,8H,5H2,1-4H3. The maximum absolute atomic E-state index is 2.36. The van der Waals surface area contributed by atoms with Crippen molar-refractivity contribution in [2.45, 2.75) is 19.6 Å². The zero-order valence-corrected chi connectivity index (χ0v) is 7.23. The Balaban J connectivity index is 3.29. The number of rotatable bonds is 3. The quantitative estimate of drug-likeness (QED) is 0.528. The molecule has 0 spiro atoms. The molecule has 1 nitrogen and oxygen atoms in total. The van der Waals surface area contributed by atoms with Gasteiger partial charge in [0.15, 0.2) is 0 Å². The van der Waals surface area contributed by atoms with Gasteiger partial charge in [-0.2, -0.15) is 0 Å². The molecule has 2 heteroatoms. The zero-order valence-electron chi connectivity index (χ0n) is 6.23. The van der Waals surface area contributed by atoms with Gasteiger partial charge in [0.05, 0.1) is 0 Å². The molecular weight excluding hydrogens is 117 g/mol. The van der Waals surface area contributed by atoms with Gasteiger partial charge in [-0.15, -0.1) is 8.58 Å². The second kappa shape index (κ2) is 4.29. The SMILES string of the molecule is CCN(C)C(C)PC. The summed E-state index contributed by atoms with van der Waals surface area (Å²) in [6.07, 6.45) is 0. The normalized spacial score (nSPS) is 16.1. The first kappa shape index (κ1) is 8.39. The molecule has 0 aliphatic rings. The molecule has 50 valence electrons. The third kappa shape index (κ3) is 2.64. The van der Waals surface area contributed by atoms with Gasteiger partial charge in [0.25, 0.3) is 0 Å². The Morgan fingerprint density at radius 1 is 1.62 bits per heavy atom. The lowest BCUT2D eigenvalue weighted by atomic mass is 10.6. The maximum atomic E-state index is 2.36. The van der Waals surface area contributed by atoms with Crippen LogP contribution in [-0.4, -0.2) is 30.9 Å². The van der Waals surface area contributed by atoms with Crippen LogP contribution in [0.2, 0.25) is 0 Å². The largest absolute Gasteiger partial charge is 0.300 e. The summed E-state index contributed by atoms with van der Waals surface area (Å²) in [6, 6.07) is 0. The van der Waals surface area contributed by atoms with Gasteiger partial charge in [-0.05, 0) is 27.2 Å². The second-order valence-electron chi connectivity index (χ2n) is 2.04. The van der Waals surface area contributed by atoms with Crippen LogP contribution in [0.4, 0.5) is 0 Å². The summed E-state index contributed by atoms with van der Waals surface area (Å²) >= 11 is 0. The fourth-order valence-electron chi connectivity index (χ4n) is 0.494. The minimum atomic E-state index is 0.778. The van der Waals surface area contributed by atoms with Crippen molar-refractivity contribution < 1.29 is 0 Å². The molecule has 0 aromatic carbocycles. The fourth-order valence-corrected chi connectivity index (χ4v) is 1.12. The van der Waals surface area contributed by atoms with Gasteiger partial charge in [-0.1, -0.05) is 6.92 Å². The smallest absolute Gasteiger partial charge is 0.0234 e. The highest BCUT2D eigenvalue weighted by Crippen LogP contribution is 2.14. The summed E-state index contributed by atoms with van der Waals surface area (Å²) in [5.74, 6) is 0.778. The molecule has 0 aromatic heterocycles. The molecule has 0 amide bonds. The van der Waals surface area contributed by atoms with Crippen molar-refractivity contribution in [1.29, 1.82) is 0 Å². The molecular formula is C6H16NP. The minimum absolute atomic E-state index is 0.778. The Hall–Kier alpha value is 0.390. The summed E-state index contributed by atoms with van der Waals surface area (Å²) < 4.78 is 0. The van der Waals surface area contributed by atoms with Crippen LogP contribution in [0, 0.1) is 0 Å². The number of hydrogen-bond acceptors (Lipinski definition) is 1. The van der Waals surface area contributed by atoms with Gasteiger partial charge in [0.1, 0.15) is 0 Å². The fraction of sp³-hybridized carbons (Fsp3) is 1.00. The Morgan fingerprint density at radius 2 is 2.12 bits per heavy atom. The van der Waals surface area contributed by atoms with Gasteiger partial charge in [0.2, 0.25) is 0 Å². The molecule has 0 fully saturated rings. The van der Waals surface area contributed by atoms with E-state index in [0.29, 0.717) is 0 Å². The molecule has 0 saturated carbocycles. The summed E-state index contributed by atoms with van der Waals surface area (Å²) in [4.78, 5) is 2.36. The van der Waals surface area contributed by atoms with Gasteiger partial charge in [0, 0.05) is 5.78 Å². The Bertz CT molecular complexity index is 48.5. The van der Waals surface area contributed by atoms with Gasteiger partial charge >= 0.3 is 0 Å². The van der Waals surface area contributed by atoms with Crippen LogP contribution in [0.15, 0.2) is 0 Å². The van der Waals surface area contributed by atoms with E-state index >= 15 is 0 Å². The summed E-state index contributed by atoms with van der Waals surface area (Å²) in [5.41, 5.74) is 0. The molecule has 0 heterocycles. The van der Waals surface area contributed by atoms with Crippen molar-refractivity contribution in [3.8, 4) is 0 Å². The van der Waals surface area contributed by atoms with E-state index in [2.05, 4.69) is 32.5 Å². The molecule has 0 aliphatic carbocycles. The summed E-state index contributed by atoms with van der Waals surface area (Å²) in [6.45, 7) is 7.87. The van der Waals surface area contributed by atoms with Crippen molar-refractivity contribution >= 4 is 8.58 Å². The van der Waals surface area contributed by atoms with Gasteiger partial charge < -0.3 is 4.90 Å². The van der Waals surface area contributed by atoms with Crippen molar-refractivity contribution in [3.05, 3.63) is 0 Å². The number of hydrogen-bond donors (Lipinski definition) is 0. The number of nitrogens with zero attached hydrogens (tertiary/aromatic N) is 1. The van der Waals surface area contributed by atoms with E-state index in [9.17, 15) is 0 Å². The second-order valence-corrected chi connectivity index (χ2v) is 3.45. The van der Waals surface area contributed by atoms with E-state index in [-0.39, 0.29) is 0 Å². The first-order valence-electron chi connectivity index (χ1n) is 3.09. The molecule has 8 heavy (non-hydrogen) atoms. The van der Waals surface area contributed by atoms with E-state index in [4.69, 9.17) is 0 Å². The van der Waals surface area contributed by atoms with Crippen molar-refractivity contribution in [1.82, 2.24) is 4.90 Å². The molecule has 0 N–H and O–H groups in total. The molecule has 0 saturated heterocycles. The average molecular weight is 133 g/mol. The highest BCUT2D eigenvalue weighted by atomic mass is 31.1. The van der Waals surface area contributed by atoms with E-state index < -0.39 is 0 Å². The summed E-state index contributed by atoms with van der Waals surface area (Å²) in [5, 5.41) is 0. The summed E-state index contributed by atoms with van der Waals surface area (Å²) in [7, 11) is 3.21. The first-order valence-corrected chi connectivity index (χ1v) is 4.67. The van der Waals surface area contributed by atoms with E-state index in [1.807, 2.05) is 0 Å². The first-order chi connectivity index (χ1) is 3.72. The third-order valence-electron chi connectivity index (χ3n) is 1.58. The van der Waals surface area contributed by atoms with Crippen LogP contribution in [0.25, 0.3) is 0 Å². The van der Waals surface area contributed by atoms with Crippen molar-refractivity contribution in [2.75, 3.05) is 20.3 Å². The average Bonchev–Trinajstić information content (AvgIpc) is 1.84. The Morgan fingerprint density at radius 3 is 2.25 bits per heavy atom. The molecule has 0 aromatic rings. The van der Waals surface area contributed by atoms with Crippen LogP contribution < -0.4 is 0 Å². The third-order valence-corrected chi connectivity index (χ3v) is 2.85. The van der Waals surface area contributed by atoms with Crippen LogP contribution in [-0.2, 0) is 0 Å². The van der Waals surface area contributed by atoms with E-state index in [1.54, 1.807) is 0 Å². The van der Waals surface area contributed by atoms with Gasteiger partial charge in [-0.25, -0.2) is 0 Å². The Kier molecular flexibility index (Phi) is 4.50. The lowest BCUT2D eigenvalue weighted by Gasteiger charge is -2.20. The lowest BCUT2D eigenvalue weighted by molar-refractivity contribution is 0.344. The predicted molar refractivity (Wildman–Crippen MR) is 42.0 cm³/mol. The minimum Gasteiger partial charge on any atom is -0.300 e. The maximum Gasteiger partial charge on any atom is 0.0234 e. The molecule has 0 bridgehead atoms. The van der Waals surface area contributed by atoms with Crippen LogP contribution in [0.5, 0.6) is 0 Å². The molecule has 2 atom stereocenters. The molecule has 0 aliphatic heterocycles. The van der Waals surface area contributed by atoms with E-state index in [1.165, 1.54) is 6.54 Å². The molecule has 0 radical (unpaired) electrons. The molecule has 0 rings (SSSR count). The lowest BCUT2D eigenvalue weighted by Crippen LogP contribution is -2.24. The highest BCUT2D eigenvalue weighted by molar-refractivity contribution is 7.37. The molecule has 2 unspecified atom stereocenters. The topological polar surface area (TPSA) is 3.24 Å². The van der Waals surface area contributed by atoms with Crippen LogP contribution in [0.3, 0.4) is 0 Å². The zero-order chi connectivity index (χ0) is 6.57. The monoisotopic (exact) mass is 133 g/mol. The van der Waals surface area contributed by atoms with Crippen LogP contribution in [0.1, 0.15) is 13.8 Å². The Labute approximate surface area is 54.2 Å². The van der Waals surface area contributed by atoms with Gasteiger partial charge in [-0.3, -0.25) is 0 Å². The van der Waals surface area contributed by atoms with Crippen molar-refractivity contribution in [2.24, 2.45) is 0 Å². The van der Waals surface area contributed by atoms with Crippen molar-refractivity contribution in [3.63, 3.8) is 0 Å². The highest BCUT2D eigenvalue weighted by Gasteiger charge is 2.00. The van der Waals surface area contributed by atoms with Crippen LogP contribution >= 0.6 is 8.58 Å².